The van der Waals surface area contributed by atoms with Crippen LogP contribution in [0.15, 0.2) is 30.3 Å². The van der Waals surface area contributed by atoms with Crippen LogP contribution < -0.4 is 5.32 Å². The van der Waals surface area contributed by atoms with Gasteiger partial charge in [-0.25, -0.2) is 0 Å². The highest BCUT2D eigenvalue weighted by atomic mass is 16.4. The van der Waals surface area contributed by atoms with E-state index in [9.17, 15) is 9.90 Å². The second-order valence-corrected chi connectivity index (χ2v) is 5.22. The zero-order valence-corrected chi connectivity index (χ0v) is 10.8. The van der Waals surface area contributed by atoms with Crippen molar-refractivity contribution in [1.29, 1.82) is 0 Å². The molecule has 1 aromatic rings. The fourth-order valence-electron chi connectivity index (χ4n) is 2.75. The number of nitrogens with one attached hydrogen (secondary N) is 1. The Bertz CT molecular complexity index is 391. The molecule has 1 fully saturated rings. The summed E-state index contributed by atoms with van der Waals surface area (Å²) in [5.74, 6) is -0.534. The van der Waals surface area contributed by atoms with Crippen molar-refractivity contribution in [3.63, 3.8) is 0 Å². The second kappa shape index (κ2) is 6.01. The molecule has 0 amide bonds. The Labute approximate surface area is 108 Å². The number of benzene rings is 1. The number of carbonyl (C=O) groups is 1. The highest BCUT2D eigenvalue weighted by Gasteiger charge is 2.26. The average molecular weight is 247 g/mol. The predicted molar refractivity (Wildman–Crippen MR) is 71.6 cm³/mol. The second-order valence-electron chi connectivity index (χ2n) is 5.22. The molecule has 1 aromatic carbocycles. The lowest BCUT2D eigenvalue weighted by Crippen LogP contribution is -2.36. The molecule has 0 spiro atoms. The van der Waals surface area contributed by atoms with Crippen LogP contribution in [0.5, 0.6) is 0 Å². The van der Waals surface area contributed by atoms with E-state index in [1.165, 1.54) is 19.3 Å². The van der Waals surface area contributed by atoms with Crippen LogP contribution in [0.1, 0.15) is 37.7 Å². The summed E-state index contributed by atoms with van der Waals surface area (Å²) in [6, 6.07) is 9.95. The molecule has 0 saturated heterocycles. The molecular formula is C15H21NO2. The number of carboxylic acids is 1. The molecule has 18 heavy (non-hydrogen) atoms. The van der Waals surface area contributed by atoms with Gasteiger partial charge in [0.05, 0.1) is 5.92 Å². The van der Waals surface area contributed by atoms with Gasteiger partial charge in [0.15, 0.2) is 0 Å². The molecule has 3 unspecified atom stereocenters. The van der Waals surface area contributed by atoms with Gasteiger partial charge in [0.2, 0.25) is 0 Å². The number of hydrogen-bond donors (Lipinski definition) is 2. The predicted octanol–water partition coefficient (Wildman–Crippen LogP) is 2.63. The number of hydrogen-bond acceptors (Lipinski definition) is 2. The first-order valence-corrected chi connectivity index (χ1v) is 6.69. The maximum Gasteiger partial charge on any atom is 0.312 e. The lowest BCUT2D eigenvalue weighted by Gasteiger charge is -2.20. The molecule has 3 nitrogen and oxygen atoms in total. The normalized spacial score (nSPS) is 24.9. The fourth-order valence-corrected chi connectivity index (χ4v) is 2.75. The molecule has 3 atom stereocenters. The summed E-state index contributed by atoms with van der Waals surface area (Å²) in [5, 5.41) is 12.8. The monoisotopic (exact) mass is 247 g/mol. The molecule has 0 radical (unpaired) electrons. The van der Waals surface area contributed by atoms with Crippen molar-refractivity contribution >= 4 is 5.97 Å². The number of carboxylic acid groups (broad SMARTS) is 1. The molecule has 1 aliphatic carbocycles. The Balaban J connectivity index is 1.97. The number of aliphatic carboxylic acids is 1. The van der Waals surface area contributed by atoms with Gasteiger partial charge in [0.25, 0.3) is 0 Å². The zero-order valence-electron chi connectivity index (χ0n) is 10.8. The van der Waals surface area contributed by atoms with E-state index < -0.39 is 11.9 Å². The SMILES string of the molecule is CC1CCCC1NCC(C(=O)O)c1ccccc1. The maximum absolute atomic E-state index is 11.3. The lowest BCUT2D eigenvalue weighted by atomic mass is 9.98. The van der Waals surface area contributed by atoms with E-state index in [2.05, 4.69) is 12.2 Å². The van der Waals surface area contributed by atoms with Crippen LogP contribution in [-0.4, -0.2) is 23.7 Å². The molecule has 0 aromatic heterocycles. The first kappa shape index (κ1) is 13.1. The van der Waals surface area contributed by atoms with E-state index in [1.807, 2.05) is 30.3 Å². The molecular weight excluding hydrogens is 226 g/mol. The van der Waals surface area contributed by atoms with E-state index >= 15 is 0 Å². The van der Waals surface area contributed by atoms with Gasteiger partial charge in [0, 0.05) is 12.6 Å². The van der Waals surface area contributed by atoms with Gasteiger partial charge in [-0.2, -0.15) is 0 Å². The summed E-state index contributed by atoms with van der Waals surface area (Å²) >= 11 is 0. The minimum atomic E-state index is -0.751. The van der Waals surface area contributed by atoms with Crippen LogP contribution in [-0.2, 0) is 4.79 Å². The minimum Gasteiger partial charge on any atom is -0.481 e. The molecule has 0 heterocycles. The first-order valence-electron chi connectivity index (χ1n) is 6.69. The maximum atomic E-state index is 11.3. The van der Waals surface area contributed by atoms with Gasteiger partial charge in [-0.15, -0.1) is 0 Å². The van der Waals surface area contributed by atoms with Gasteiger partial charge < -0.3 is 10.4 Å². The van der Waals surface area contributed by atoms with Crippen LogP contribution in [0, 0.1) is 5.92 Å². The molecule has 2 rings (SSSR count). The summed E-state index contributed by atoms with van der Waals surface area (Å²) in [6.07, 6.45) is 3.67. The Morgan fingerprint density at radius 3 is 2.67 bits per heavy atom. The van der Waals surface area contributed by atoms with Crippen LogP contribution >= 0.6 is 0 Å². The zero-order chi connectivity index (χ0) is 13.0. The van der Waals surface area contributed by atoms with Crippen molar-refractivity contribution in [2.24, 2.45) is 5.92 Å². The van der Waals surface area contributed by atoms with Crippen molar-refractivity contribution in [3.8, 4) is 0 Å². The minimum absolute atomic E-state index is 0.445. The molecule has 1 aliphatic rings. The Morgan fingerprint density at radius 2 is 2.11 bits per heavy atom. The average Bonchev–Trinajstić information content (AvgIpc) is 2.76. The Kier molecular flexibility index (Phi) is 4.37. The summed E-state index contributed by atoms with van der Waals surface area (Å²) in [6.45, 7) is 2.76. The third kappa shape index (κ3) is 3.10. The third-order valence-electron chi connectivity index (χ3n) is 3.95. The van der Waals surface area contributed by atoms with Gasteiger partial charge >= 0.3 is 5.97 Å². The van der Waals surface area contributed by atoms with Crippen LogP contribution in [0.2, 0.25) is 0 Å². The fraction of sp³-hybridized carbons (Fsp3) is 0.533. The Morgan fingerprint density at radius 1 is 1.39 bits per heavy atom. The van der Waals surface area contributed by atoms with Crippen LogP contribution in [0.25, 0.3) is 0 Å². The molecule has 3 heteroatoms. The van der Waals surface area contributed by atoms with Crippen LogP contribution in [0.4, 0.5) is 0 Å². The first-order chi connectivity index (χ1) is 8.68. The highest BCUT2D eigenvalue weighted by Crippen LogP contribution is 2.25. The molecule has 2 N–H and O–H groups in total. The van der Waals surface area contributed by atoms with E-state index in [1.54, 1.807) is 0 Å². The summed E-state index contributed by atoms with van der Waals surface area (Å²) in [4.78, 5) is 11.3. The summed E-state index contributed by atoms with van der Waals surface area (Å²) in [7, 11) is 0. The van der Waals surface area contributed by atoms with Gasteiger partial charge in [0.1, 0.15) is 0 Å². The number of rotatable bonds is 5. The molecule has 98 valence electrons. The van der Waals surface area contributed by atoms with Crippen molar-refractivity contribution in [2.75, 3.05) is 6.54 Å². The molecule has 0 bridgehead atoms. The Hall–Kier alpha value is -1.35. The lowest BCUT2D eigenvalue weighted by molar-refractivity contribution is -0.138. The smallest absolute Gasteiger partial charge is 0.312 e. The van der Waals surface area contributed by atoms with Gasteiger partial charge in [-0.05, 0) is 24.3 Å². The van der Waals surface area contributed by atoms with E-state index in [-0.39, 0.29) is 0 Å². The molecule has 0 aliphatic heterocycles. The van der Waals surface area contributed by atoms with Crippen molar-refractivity contribution in [2.45, 2.75) is 38.1 Å². The van der Waals surface area contributed by atoms with E-state index in [0.29, 0.717) is 18.5 Å². The highest BCUT2D eigenvalue weighted by molar-refractivity contribution is 5.76. The third-order valence-corrected chi connectivity index (χ3v) is 3.95. The quantitative estimate of drug-likeness (QED) is 0.841. The van der Waals surface area contributed by atoms with E-state index in [4.69, 9.17) is 0 Å². The standard InChI is InChI=1S/C15H21NO2/c1-11-6-5-9-14(11)16-10-13(15(17)18)12-7-3-2-4-8-12/h2-4,7-8,11,13-14,16H,5-6,9-10H2,1H3,(H,17,18). The van der Waals surface area contributed by atoms with Crippen molar-refractivity contribution < 1.29 is 9.90 Å². The topological polar surface area (TPSA) is 49.3 Å². The summed E-state index contributed by atoms with van der Waals surface area (Å²) < 4.78 is 0. The van der Waals surface area contributed by atoms with Crippen molar-refractivity contribution in [3.05, 3.63) is 35.9 Å². The van der Waals surface area contributed by atoms with E-state index in [0.717, 1.165) is 5.56 Å². The largest absolute Gasteiger partial charge is 0.481 e. The summed E-state index contributed by atoms with van der Waals surface area (Å²) in [5.41, 5.74) is 0.878. The van der Waals surface area contributed by atoms with Gasteiger partial charge in [-0.3, -0.25) is 4.79 Å². The molecule has 1 saturated carbocycles. The van der Waals surface area contributed by atoms with Gasteiger partial charge in [-0.1, -0.05) is 43.7 Å². The van der Waals surface area contributed by atoms with Crippen LogP contribution in [0.3, 0.4) is 0 Å². The van der Waals surface area contributed by atoms with Crippen molar-refractivity contribution in [1.82, 2.24) is 5.32 Å².